The van der Waals surface area contributed by atoms with Crippen LogP contribution >= 0.6 is 11.3 Å². The molecule has 1 fully saturated rings. The van der Waals surface area contributed by atoms with Crippen LogP contribution in [0.5, 0.6) is 0 Å². The molecule has 0 spiro atoms. The van der Waals surface area contributed by atoms with Gasteiger partial charge in [0.1, 0.15) is 22.3 Å². The maximum absolute atomic E-state index is 13.8. The van der Waals surface area contributed by atoms with E-state index in [9.17, 15) is 13.6 Å². The van der Waals surface area contributed by atoms with Gasteiger partial charge in [0.05, 0.1) is 24.3 Å². The first-order chi connectivity index (χ1) is 11.0. The molecule has 0 saturated carbocycles. The summed E-state index contributed by atoms with van der Waals surface area (Å²) in [7, 11) is 0. The molecule has 2 heterocycles. The molecule has 122 valence electrons. The van der Waals surface area contributed by atoms with Crippen molar-refractivity contribution in [2.24, 2.45) is 0 Å². The number of hydrogen-bond acceptors (Lipinski definition) is 4. The number of ether oxygens (including phenoxy) is 1. The summed E-state index contributed by atoms with van der Waals surface area (Å²) < 4.78 is 33.2. The van der Waals surface area contributed by atoms with E-state index < -0.39 is 11.6 Å². The molecule has 0 bridgehead atoms. The number of morpholine rings is 1. The zero-order valence-electron chi connectivity index (χ0n) is 12.8. The SMILES string of the molecule is C[C@H]1CN(C(=O)c2csc(-c3c(F)cccc3F)n2)[C@@H](C)CO1. The van der Waals surface area contributed by atoms with E-state index in [1.165, 1.54) is 23.6 Å². The molecule has 0 radical (unpaired) electrons. The fraction of sp³-hybridized carbons (Fsp3) is 0.375. The Morgan fingerprint density at radius 3 is 2.74 bits per heavy atom. The van der Waals surface area contributed by atoms with E-state index in [2.05, 4.69) is 4.98 Å². The lowest BCUT2D eigenvalue weighted by Gasteiger charge is -2.36. The predicted octanol–water partition coefficient (Wildman–Crippen LogP) is 3.34. The van der Waals surface area contributed by atoms with Crippen LogP contribution in [-0.2, 0) is 4.74 Å². The summed E-state index contributed by atoms with van der Waals surface area (Å²) in [5.41, 5.74) is 0.00791. The summed E-state index contributed by atoms with van der Waals surface area (Å²) in [4.78, 5) is 18.4. The van der Waals surface area contributed by atoms with Gasteiger partial charge in [0.15, 0.2) is 0 Å². The van der Waals surface area contributed by atoms with Crippen LogP contribution in [0.3, 0.4) is 0 Å². The van der Waals surface area contributed by atoms with Gasteiger partial charge < -0.3 is 9.64 Å². The number of aromatic nitrogens is 1. The molecule has 0 aliphatic carbocycles. The Kier molecular flexibility index (Phi) is 4.41. The molecular weight excluding hydrogens is 322 g/mol. The number of thiazole rings is 1. The third kappa shape index (κ3) is 3.11. The first-order valence-electron chi connectivity index (χ1n) is 7.30. The summed E-state index contributed by atoms with van der Waals surface area (Å²) >= 11 is 1.06. The predicted molar refractivity (Wildman–Crippen MR) is 83.4 cm³/mol. The Balaban J connectivity index is 1.88. The van der Waals surface area contributed by atoms with Crippen LogP contribution < -0.4 is 0 Å². The molecule has 2 aromatic rings. The zero-order chi connectivity index (χ0) is 16.6. The van der Waals surface area contributed by atoms with Crippen molar-refractivity contribution in [1.29, 1.82) is 0 Å². The Hall–Kier alpha value is -1.86. The van der Waals surface area contributed by atoms with E-state index in [0.29, 0.717) is 13.2 Å². The number of carbonyl (C=O) groups is 1. The molecule has 1 saturated heterocycles. The highest BCUT2D eigenvalue weighted by atomic mass is 32.1. The van der Waals surface area contributed by atoms with Crippen molar-refractivity contribution in [2.45, 2.75) is 26.0 Å². The summed E-state index contributed by atoms with van der Waals surface area (Å²) in [6, 6.07) is 3.58. The monoisotopic (exact) mass is 338 g/mol. The fourth-order valence-corrected chi connectivity index (χ4v) is 3.36. The highest BCUT2D eigenvalue weighted by Gasteiger charge is 2.30. The molecule has 1 aromatic heterocycles. The lowest BCUT2D eigenvalue weighted by atomic mass is 10.2. The lowest BCUT2D eigenvalue weighted by Crippen LogP contribution is -2.50. The van der Waals surface area contributed by atoms with Gasteiger partial charge >= 0.3 is 0 Å². The summed E-state index contributed by atoms with van der Waals surface area (Å²) in [5.74, 6) is -1.62. The van der Waals surface area contributed by atoms with Crippen LogP contribution in [0.15, 0.2) is 23.6 Å². The second kappa shape index (κ2) is 6.33. The van der Waals surface area contributed by atoms with E-state index in [1.807, 2.05) is 13.8 Å². The van der Waals surface area contributed by atoms with Gasteiger partial charge in [-0.15, -0.1) is 11.3 Å². The Bertz CT molecular complexity index is 714. The van der Waals surface area contributed by atoms with Gasteiger partial charge in [0, 0.05) is 11.9 Å². The molecular formula is C16H16F2N2O2S. The van der Waals surface area contributed by atoms with Gasteiger partial charge in [-0.05, 0) is 26.0 Å². The van der Waals surface area contributed by atoms with Crippen LogP contribution in [0.25, 0.3) is 10.6 Å². The van der Waals surface area contributed by atoms with E-state index in [-0.39, 0.29) is 34.3 Å². The van der Waals surface area contributed by atoms with E-state index in [4.69, 9.17) is 4.74 Å². The van der Waals surface area contributed by atoms with Crippen molar-refractivity contribution in [2.75, 3.05) is 13.2 Å². The molecule has 1 aromatic carbocycles. The molecule has 0 N–H and O–H groups in total. The summed E-state index contributed by atoms with van der Waals surface area (Å²) in [5, 5.41) is 1.70. The normalized spacial score (nSPS) is 21.5. The van der Waals surface area contributed by atoms with Crippen molar-refractivity contribution in [1.82, 2.24) is 9.88 Å². The van der Waals surface area contributed by atoms with Crippen LogP contribution in [0, 0.1) is 11.6 Å². The Labute approximate surface area is 136 Å². The molecule has 7 heteroatoms. The highest BCUT2D eigenvalue weighted by Crippen LogP contribution is 2.29. The number of halogens is 2. The van der Waals surface area contributed by atoms with Crippen LogP contribution in [0.4, 0.5) is 8.78 Å². The molecule has 2 atom stereocenters. The van der Waals surface area contributed by atoms with Gasteiger partial charge in [-0.3, -0.25) is 4.79 Å². The number of nitrogens with zero attached hydrogens (tertiary/aromatic N) is 2. The molecule has 3 rings (SSSR count). The number of amides is 1. The van der Waals surface area contributed by atoms with Crippen LogP contribution in [0.2, 0.25) is 0 Å². The second-order valence-electron chi connectivity index (χ2n) is 5.59. The smallest absolute Gasteiger partial charge is 0.273 e. The summed E-state index contributed by atoms with van der Waals surface area (Å²) in [6.45, 7) is 4.73. The minimum atomic E-state index is -0.688. The second-order valence-corrected chi connectivity index (χ2v) is 6.44. The molecule has 1 aliphatic heterocycles. The van der Waals surface area contributed by atoms with Gasteiger partial charge in [-0.25, -0.2) is 13.8 Å². The van der Waals surface area contributed by atoms with Crippen LogP contribution in [0.1, 0.15) is 24.3 Å². The van der Waals surface area contributed by atoms with Crippen molar-refractivity contribution >= 4 is 17.2 Å². The van der Waals surface area contributed by atoms with Gasteiger partial charge in [-0.2, -0.15) is 0 Å². The quantitative estimate of drug-likeness (QED) is 0.843. The highest BCUT2D eigenvalue weighted by molar-refractivity contribution is 7.13. The van der Waals surface area contributed by atoms with Crippen molar-refractivity contribution < 1.29 is 18.3 Å². The molecule has 4 nitrogen and oxygen atoms in total. The molecule has 1 amide bonds. The maximum Gasteiger partial charge on any atom is 0.273 e. The number of hydrogen-bond donors (Lipinski definition) is 0. The van der Waals surface area contributed by atoms with E-state index in [1.54, 1.807) is 4.90 Å². The maximum atomic E-state index is 13.8. The van der Waals surface area contributed by atoms with E-state index >= 15 is 0 Å². The van der Waals surface area contributed by atoms with Gasteiger partial charge in [-0.1, -0.05) is 6.07 Å². The van der Waals surface area contributed by atoms with E-state index in [0.717, 1.165) is 11.3 Å². The minimum absolute atomic E-state index is 0.0442. The largest absolute Gasteiger partial charge is 0.375 e. The molecule has 0 unspecified atom stereocenters. The van der Waals surface area contributed by atoms with Gasteiger partial charge in [0.25, 0.3) is 5.91 Å². The Morgan fingerprint density at radius 1 is 1.35 bits per heavy atom. The summed E-state index contributed by atoms with van der Waals surface area (Å²) in [6.07, 6.45) is -0.0442. The fourth-order valence-electron chi connectivity index (χ4n) is 2.52. The average molecular weight is 338 g/mol. The molecule has 23 heavy (non-hydrogen) atoms. The zero-order valence-corrected chi connectivity index (χ0v) is 13.6. The topological polar surface area (TPSA) is 42.4 Å². The van der Waals surface area contributed by atoms with Gasteiger partial charge in [0.2, 0.25) is 0 Å². The lowest BCUT2D eigenvalue weighted by molar-refractivity contribution is -0.0388. The third-order valence-electron chi connectivity index (χ3n) is 3.77. The third-order valence-corrected chi connectivity index (χ3v) is 4.63. The standard InChI is InChI=1S/C16H16F2N2O2S/c1-9-7-22-10(2)6-20(9)16(21)13-8-23-15(19-13)14-11(17)4-3-5-12(14)18/h3-5,8-10H,6-7H2,1-2H3/t9-,10-/m0/s1. The molecule has 1 aliphatic rings. The van der Waals surface area contributed by atoms with Crippen molar-refractivity contribution in [3.63, 3.8) is 0 Å². The Morgan fingerprint density at radius 2 is 2.04 bits per heavy atom. The number of carbonyl (C=O) groups excluding carboxylic acids is 1. The number of rotatable bonds is 2. The average Bonchev–Trinajstić information content (AvgIpc) is 2.98. The van der Waals surface area contributed by atoms with Crippen LogP contribution in [-0.4, -0.2) is 41.1 Å². The first kappa shape index (κ1) is 16.0. The first-order valence-corrected chi connectivity index (χ1v) is 8.18. The number of benzene rings is 1. The van der Waals surface area contributed by atoms with Crippen molar-refractivity contribution in [3.05, 3.63) is 40.9 Å². The van der Waals surface area contributed by atoms with Crippen molar-refractivity contribution in [3.8, 4) is 10.6 Å². The minimum Gasteiger partial charge on any atom is -0.375 e.